The van der Waals surface area contributed by atoms with E-state index in [-0.39, 0.29) is 5.41 Å². The lowest BCUT2D eigenvalue weighted by molar-refractivity contribution is 0.234. The third-order valence-corrected chi connectivity index (χ3v) is 4.98. The lowest BCUT2D eigenvalue weighted by atomic mass is 9.76. The van der Waals surface area contributed by atoms with Crippen LogP contribution in [0.25, 0.3) is 0 Å². The molecule has 4 nitrogen and oxygen atoms in total. The van der Waals surface area contributed by atoms with Gasteiger partial charge >= 0.3 is 0 Å². The molecule has 0 bridgehead atoms. The van der Waals surface area contributed by atoms with Gasteiger partial charge in [-0.25, -0.2) is 0 Å². The first-order chi connectivity index (χ1) is 9.21. The van der Waals surface area contributed by atoms with Crippen molar-refractivity contribution in [3.63, 3.8) is 0 Å². The first-order valence-electron chi connectivity index (χ1n) is 6.77. The summed E-state index contributed by atoms with van der Waals surface area (Å²) in [6, 6.07) is 4.16. The summed E-state index contributed by atoms with van der Waals surface area (Å²) < 4.78 is 5.57. The number of nitrogens with one attached hydrogen (secondary N) is 1. The largest absolute Gasteiger partial charge is 0.339 e. The molecule has 0 saturated carbocycles. The predicted molar refractivity (Wildman–Crippen MR) is 75.4 cm³/mol. The molecule has 0 aliphatic carbocycles. The van der Waals surface area contributed by atoms with E-state index in [4.69, 9.17) is 4.52 Å². The number of nitrogens with zero attached hydrogens (tertiary/aromatic N) is 2. The minimum absolute atomic E-state index is 0.0146. The number of rotatable bonds is 4. The molecule has 1 fully saturated rings. The molecular weight excluding hydrogens is 258 g/mol. The summed E-state index contributed by atoms with van der Waals surface area (Å²) in [5.74, 6) is 2.10. The average molecular weight is 277 g/mol. The van der Waals surface area contributed by atoms with Crippen molar-refractivity contribution < 1.29 is 4.52 Å². The highest BCUT2D eigenvalue weighted by molar-refractivity contribution is 7.09. The molecule has 2 aromatic rings. The monoisotopic (exact) mass is 277 g/mol. The molecule has 1 N–H and O–H groups in total. The topological polar surface area (TPSA) is 51.0 Å². The normalized spacial score (nSPS) is 23.3. The second kappa shape index (κ2) is 5.06. The molecule has 2 aromatic heterocycles. The van der Waals surface area contributed by atoms with Crippen molar-refractivity contribution in [2.75, 3.05) is 13.1 Å². The second-order valence-electron chi connectivity index (χ2n) is 5.51. The molecule has 102 valence electrons. The van der Waals surface area contributed by atoms with Gasteiger partial charge in [0.15, 0.2) is 5.82 Å². The van der Waals surface area contributed by atoms with Crippen molar-refractivity contribution in [3.05, 3.63) is 34.1 Å². The van der Waals surface area contributed by atoms with Crippen molar-refractivity contribution in [3.8, 4) is 0 Å². The molecule has 5 heteroatoms. The third kappa shape index (κ3) is 2.32. The molecular formula is C14H19N3OS. The highest BCUT2D eigenvalue weighted by Gasteiger charge is 2.43. The quantitative estimate of drug-likeness (QED) is 0.933. The standard InChI is InChI=1S/C14H19N3OS/c1-10(2)14(5-6-15-9-14)13-16-12(17-18-13)8-11-4-3-7-19-11/h3-4,7,10,15H,5-6,8-9H2,1-2H3. The van der Waals surface area contributed by atoms with E-state index in [0.717, 1.165) is 37.6 Å². The zero-order valence-corrected chi connectivity index (χ0v) is 12.2. The van der Waals surface area contributed by atoms with E-state index in [2.05, 4.69) is 46.8 Å². The Hall–Kier alpha value is -1.20. The van der Waals surface area contributed by atoms with Gasteiger partial charge in [0.05, 0.1) is 5.41 Å². The number of hydrogen-bond donors (Lipinski definition) is 1. The van der Waals surface area contributed by atoms with Crippen LogP contribution in [0.3, 0.4) is 0 Å². The smallest absolute Gasteiger partial charge is 0.234 e. The molecule has 19 heavy (non-hydrogen) atoms. The van der Waals surface area contributed by atoms with Crippen molar-refractivity contribution in [1.29, 1.82) is 0 Å². The first-order valence-corrected chi connectivity index (χ1v) is 7.65. The molecule has 1 saturated heterocycles. The maximum atomic E-state index is 5.57. The molecule has 0 spiro atoms. The Morgan fingerprint density at radius 1 is 1.53 bits per heavy atom. The molecule has 1 unspecified atom stereocenters. The molecule has 3 rings (SSSR count). The van der Waals surface area contributed by atoms with Gasteiger partial charge in [0, 0.05) is 17.8 Å². The maximum absolute atomic E-state index is 5.57. The van der Waals surface area contributed by atoms with Crippen molar-refractivity contribution >= 4 is 11.3 Å². The van der Waals surface area contributed by atoms with Gasteiger partial charge in [-0.2, -0.15) is 4.98 Å². The summed E-state index contributed by atoms with van der Waals surface area (Å²) >= 11 is 1.73. The minimum Gasteiger partial charge on any atom is -0.339 e. The van der Waals surface area contributed by atoms with Crippen LogP contribution >= 0.6 is 11.3 Å². The fourth-order valence-corrected chi connectivity index (χ4v) is 3.43. The Morgan fingerprint density at radius 2 is 2.42 bits per heavy atom. The van der Waals surface area contributed by atoms with E-state index in [1.54, 1.807) is 11.3 Å². The van der Waals surface area contributed by atoms with Crippen LogP contribution in [0.15, 0.2) is 22.0 Å². The maximum Gasteiger partial charge on any atom is 0.234 e. The molecule has 3 heterocycles. The summed E-state index contributed by atoms with van der Waals surface area (Å²) in [6.07, 6.45) is 1.84. The summed E-state index contributed by atoms with van der Waals surface area (Å²) in [5, 5.41) is 9.65. The SMILES string of the molecule is CC(C)C1(c2nc(Cc3cccs3)no2)CCNC1. The molecule has 0 amide bonds. The third-order valence-electron chi connectivity index (χ3n) is 4.10. The summed E-state index contributed by atoms with van der Waals surface area (Å²) in [4.78, 5) is 5.92. The van der Waals surface area contributed by atoms with Crippen LogP contribution in [0.5, 0.6) is 0 Å². The molecule has 1 aliphatic rings. The zero-order valence-electron chi connectivity index (χ0n) is 11.3. The van der Waals surface area contributed by atoms with Crippen molar-refractivity contribution in [1.82, 2.24) is 15.5 Å². The minimum atomic E-state index is 0.0146. The number of aromatic nitrogens is 2. The fourth-order valence-electron chi connectivity index (χ4n) is 2.73. The van der Waals surface area contributed by atoms with Crippen LogP contribution in [0.4, 0.5) is 0 Å². The van der Waals surface area contributed by atoms with Gasteiger partial charge in [-0.3, -0.25) is 0 Å². The highest BCUT2D eigenvalue weighted by atomic mass is 32.1. The Bertz CT molecular complexity index is 527. The highest BCUT2D eigenvalue weighted by Crippen LogP contribution is 2.37. The van der Waals surface area contributed by atoms with Crippen molar-refractivity contribution in [2.24, 2.45) is 5.92 Å². The predicted octanol–water partition coefficient (Wildman–Crippen LogP) is 2.61. The molecule has 1 atom stereocenters. The van der Waals surface area contributed by atoms with Gasteiger partial charge in [-0.15, -0.1) is 11.3 Å². The van der Waals surface area contributed by atoms with E-state index in [1.165, 1.54) is 4.88 Å². The Balaban J connectivity index is 1.84. The lowest BCUT2D eigenvalue weighted by Crippen LogP contribution is -2.35. The molecule has 0 aromatic carbocycles. The van der Waals surface area contributed by atoms with Gasteiger partial charge in [0.25, 0.3) is 0 Å². The van der Waals surface area contributed by atoms with Crippen molar-refractivity contribution in [2.45, 2.75) is 32.1 Å². The summed E-state index contributed by atoms with van der Waals surface area (Å²) in [5.41, 5.74) is 0.0146. The van der Waals surface area contributed by atoms with E-state index >= 15 is 0 Å². The Morgan fingerprint density at radius 3 is 3.05 bits per heavy atom. The fraction of sp³-hybridized carbons (Fsp3) is 0.571. The summed E-state index contributed by atoms with van der Waals surface area (Å²) in [7, 11) is 0. The van der Waals surface area contributed by atoms with Crippen LogP contribution in [0.1, 0.15) is 36.9 Å². The van der Waals surface area contributed by atoms with Crippen LogP contribution in [-0.4, -0.2) is 23.2 Å². The molecule has 1 aliphatic heterocycles. The van der Waals surface area contributed by atoms with Crippen LogP contribution < -0.4 is 5.32 Å². The van der Waals surface area contributed by atoms with E-state index in [1.807, 2.05) is 0 Å². The zero-order chi connectivity index (χ0) is 13.3. The average Bonchev–Trinajstić information content (AvgIpc) is 3.10. The van der Waals surface area contributed by atoms with Gasteiger partial charge in [0.1, 0.15) is 0 Å². The van der Waals surface area contributed by atoms with Crippen LogP contribution in [-0.2, 0) is 11.8 Å². The van der Waals surface area contributed by atoms with Crippen LogP contribution in [0, 0.1) is 5.92 Å². The first kappa shape index (κ1) is 12.8. The number of hydrogen-bond acceptors (Lipinski definition) is 5. The van der Waals surface area contributed by atoms with Crippen LogP contribution in [0.2, 0.25) is 0 Å². The lowest BCUT2D eigenvalue weighted by Gasteiger charge is -2.28. The van der Waals surface area contributed by atoms with Gasteiger partial charge in [0.2, 0.25) is 5.89 Å². The van der Waals surface area contributed by atoms with E-state index in [9.17, 15) is 0 Å². The Kier molecular flexibility index (Phi) is 3.41. The van der Waals surface area contributed by atoms with E-state index in [0.29, 0.717) is 5.92 Å². The van der Waals surface area contributed by atoms with Gasteiger partial charge in [-0.05, 0) is 30.3 Å². The molecule has 0 radical (unpaired) electrons. The van der Waals surface area contributed by atoms with Gasteiger partial charge in [-0.1, -0.05) is 25.1 Å². The van der Waals surface area contributed by atoms with E-state index < -0.39 is 0 Å². The second-order valence-corrected chi connectivity index (χ2v) is 6.54. The van der Waals surface area contributed by atoms with Gasteiger partial charge < -0.3 is 9.84 Å². The number of thiophene rings is 1. The Labute approximate surface area is 117 Å². The summed E-state index contributed by atoms with van der Waals surface area (Å²) in [6.45, 7) is 6.43.